The molecule has 0 bridgehead atoms. The van der Waals surface area contributed by atoms with Gasteiger partial charge in [-0.25, -0.2) is 13.1 Å². The van der Waals surface area contributed by atoms with Crippen molar-refractivity contribution in [2.45, 2.75) is 32.1 Å². The van der Waals surface area contributed by atoms with Gasteiger partial charge in [0.1, 0.15) is 0 Å². The Morgan fingerprint density at radius 3 is 2.52 bits per heavy atom. The van der Waals surface area contributed by atoms with Crippen LogP contribution >= 0.6 is 11.6 Å². The van der Waals surface area contributed by atoms with E-state index in [1.54, 1.807) is 12.4 Å². The third kappa shape index (κ3) is 5.57. The second-order valence-corrected chi connectivity index (χ2v) is 7.97. The lowest BCUT2D eigenvalue weighted by atomic mass is 9.80. The number of sulfonamides is 1. The summed E-state index contributed by atoms with van der Waals surface area (Å²) in [6, 6.07) is 3.69. The molecule has 0 spiro atoms. The number of aryl methyl sites for hydroxylation is 1. The number of nitrogens with one attached hydrogen (secondary N) is 1. The third-order valence-electron chi connectivity index (χ3n) is 4.24. The number of hydrogen-bond acceptors (Lipinski definition) is 3. The SMILES string of the molecule is O=S(=O)(CCc1ccncc1)NCC1CCCCC1CCl. The summed E-state index contributed by atoms with van der Waals surface area (Å²) in [4.78, 5) is 3.93. The average molecular weight is 331 g/mol. The van der Waals surface area contributed by atoms with Crippen molar-refractivity contribution in [3.63, 3.8) is 0 Å². The lowest BCUT2D eigenvalue weighted by Gasteiger charge is -2.30. The van der Waals surface area contributed by atoms with E-state index < -0.39 is 10.0 Å². The Morgan fingerprint density at radius 1 is 1.19 bits per heavy atom. The van der Waals surface area contributed by atoms with Gasteiger partial charge in [-0.2, -0.15) is 0 Å². The quantitative estimate of drug-likeness (QED) is 0.782. The Hall–Kier alpha value is -0.650. The highest BCUT2D eigenvalue weighted by atomic mass is 35.5. The van der Waals surface area contributed by atoms with E-state index in [-0.39, 0.29) is 5.75 Å². The molecule has 1 aromatic heterocycles. The average Bonchev–Trinajstić information content (AvgIpc) is 2.52. The van der Waals surface area contributed by atoms with Crippen LogP contribution in [0.15, 0.2) is 24.5 Å². The highest BCUT2D eigenvalue weighted by molar-refractivity contribution is 7.89. The van der Waals surface area contributed by atoms with Gasteiger partial charge in [-0.05, 0) is 48.8 Å². The molecule has 1 aliphatic rings. The number of aromatic nitrogens is 1. The smallest absolute Gasteiger partial charge is 0.211 e. The van der Waals surface area contributed by atoms with E-state index >= 15 is 0 Å². The van der Waals surface area contributed by atoms with Crippen molar-refractivity contribution < 1.29 is 8.42 Å². The molecule has 21 heavy (non-hydrogen) atoms. The lowest BCUT2D eigenvalue weighted by Crippen LogP contribution is -2.36. The predicted octanol–water partition coefficient (Wildman–Crippen LogP) is 2.59. The molecular weight excluding hydrogens is 308 g/mol. The Kier molecular flexibility index (Phi) is 6.45. The highest BCUT2D eigenvalue weighted by Gasteiger charge is 2.25. The van der Waals surface area contributed by atoms with Crippen LogP contribution in [0.2, 0.25) is 0 Å². The first-order valence-corrected chi connectivity index (χ1v) is 9.71. The number of hydrogen-bond donors (Lipinski definition) is 1. The number of halogens is 1. The molecule has 2 rings (SSSR count). The van der Waals surface area contributed by atoms with Crippen LogP contribution < -0.4 is 4.72 Å². The van der Waals surface area contributed by atoms with E-state index in [0.29, 0.717) is 30.7 Å². The van der Waals surface area contributed by atoms with Gasteiger partial charge in [0.05, 0.1) is 5.75 Å². The maximum absolute atomic E-state index is 12.1. The molecule has 2 atom stereocenters. The van der Waals surface area contributed by atoms with Crippen molar-refractivity contribution in [1.82, 2.24) is 9.71 Å². The van der Waals surface area contributed by atoms with Gasteiger partial charge in [-0.15, -0.1) is 11.6 Å². The molecule has 1 fully saturated rings. The molecule has 1 saturated carbocycles. The molecule has 2 unspecified atom stereocenters. The molecule has 1 heterocycles. The van der Waals surface area contributed by atoms with Gasteiger partial charge in [0.2, 0.25) is 10.0 Å². The Balaban J connectivity index is 1.80. The van der Waals surface area contributed by atoms with E-state index in [0.717, 1.165) is 18.4 Å². The van der Waals surface area contributed by atoms with Gasteiger partial charge < -0.3 is 0 Å². The van der Waals surface area contributed by atoms with Crippen molar-refractivity contribution in [3.8, 4) is 0 Å². The van der Waals surface area contributed by atoms with E-state index in [2.05, 4.69) is 9.71 Å². The summed E-state index contributed by atoms with van der Waals surface area (Å²) in [6.07, 6.45) is 8.46. The number of pyridine rings is 1. The molecule has 0 aromatic carbocycles. The maximum atomic E-state index is 12.1. The first kappa shape index (κ1) is 16.7. The van der Waals surface area contributed by atoms with Gasteiger partial charge in [0.15, 0.2) is 0 Å². The molecule has 1 aliphatic carbocycles. The van der Waals surface area contributed by atoms with E-state index in [9.17, 15) is 8.42 Å². The van der Waals surface area contributed by atoms with Crippen molar-refractivity contribution in [1.29, 1.82) is 0 Å². The highest BCUT2D eigenvalue weighted by Crippen LogP contribution is 2.30. The van der Waals surface area contributed by atoms with Gasteiger partial charge in [-0.1, -0.05) is 12.8 Å². The summed E-state index contributed by atoms with van der Waals surface area (Å²) >= 11 is 5.98. The van der Waals surface area contributed by atoms with Crippen LogP contribution in [0.5, 0.6) is 0 Å². The summed E-state index contributed by atoms with van der Waals surface area (Å²) in [6.45, 7) is 0.524. The van der Waals surface area contributed by atoms with Crippen LogP contribution in [0, 0.1) is 11.8 Å². The van der Waals surface area contributed by atoms with Gasteiger partial charge in [-0.3, -0.25) is 4.98 Å². The number of alkyl halides is 1. The predicted molar refractivity (Wildman–Crippen MR) is 85.9 cm³/mol. The molecule has 118 valence electrons. The maximum Gasteiger partial charge on any atom is 0.211 e. The van der Waals surface area contributed by atoms with Crippen molar-refractivity contribution in [2.75, 3.05) is 18.2 Å². The van der Waals surface area contributed by atoms with Gasteiger partial charge in [0, 0.05) is 24.8 Å². The normalized spacial score (nSPS) is 23.1. The van der Waals surface area contributed by atoms with Crippen LogP contribution in [0.4, 0.5) is 0 Å². The second kappa shape index (κ2) is 8.11. The molecule has 1 aromatic rings. The van der Waals surface area contributed by atoms with Crippen molar-refractivity contribution in [3.05, 3.63) is 30.1 Å². The molecule has 4 nitrogen and oxygen atoms in total. The van der Waals surface area contributed by atoms with Gasteiger partial charge in [0.25, 0.3) is 0 Å². The lowest BCUT2D eigenvalue weighted by molar-refractivity contribution is 0.260. The molecular formula is C15H23ClN2O2S. The molecule has 0 radical (unpaired) electrons. The summed E-state index contributed by atoms with van der Waals surface area (Å²) < 4.78 is 26.9. The summed E-state index contributed by atoms with van der Waals surface area (Å²) in [5.41, 5.74) is 0.992. The second-order valence-electron chi connectivity index (χ2n) is 5.73. The van der Waals surface area contributed by atoms with Crippen LogP contribution in [0.25, 0.3) is 0 Å². The van der Waals surface area contributed by atoms with E-state index in [1.165, 1.54) is 12.8 Å². The minimum absolute atomic E-state index is 0.120. The Labute approximate surface area is 132 Å². The van der Waals surface area contributed by atoms with Crippen LogP contribution in [-0.2, 0) is 16.4 Å². The molecule has 6 heteroatoms. The zero-order valence-corrected chi connectivity index (χ0v) is 13.7. The summed E-state index contributed by atoms with van der Waals surface area (Å²) in [7, 11) is -3.22. The Bertz CT molecular complexity index is 522. The van der Waals surface area contributed by atoms with Crippen LogP contribution in [-0.4, -0.2) is 31.6 Å². The topological polar surface area (TPSA) is 59.1 Å². The van der Waals surface area contributed by atoms with Crippen LogP contribution in [0.1, 0.15) is 31.2 Å². The first-order chi connectivity index (χ1) is 10.1. The molecule has 1 N–H and O–H groups in total. The monoisotopic (exact) mass is 330 g/mol. The standard InChI is InChI=1S/C15H23ClN2O2S/c16-11-14-3-1-2-4-15(14)12-18-21(19,20)10-7-13-5-8-17-9-6-13/h5-6,8-9,14-15,18H,1-4,7,10-12H2. The fourth-order valence-corrected chi connectivity index (χ4v) is 4.39. The minimum Gasteiger partial charge on any atom is -0.265 e. The van der Waals surface area contributed by atoms with Crippen LogP contribution in [0.3, 0.4) is 0 Å². The fourth-order valence-electron chi connectivity index (χ4n) is 2.86. The van der Waals surface area contributed by atoms with Crippen molar-refractivity contribution >= 4 is 21.6 Å². The zero-order valence-electron chi connectivity index (χ0n) is 12.2. The number of rotatable bonds is 7. The fraction of sp³-hybridized carbons (Fsp3) is 0.667. The Morgan fingerprint density at radius 2 is 1.86 bits per heavy atom. The summed E-state index contributed by atoms with van der Waals surface area (Å²) in [5, 5.41) is 0. The zero-order chi connectivity index (χ0) is 15.1. The molecule has 0 amide bonds. The largest absolute Gasteiger partial charge is 0.265 e. The van der Waals surface area contributed by atoms with Crippen molar-refractivity contribution in [2.24, 2.45) is 11.8 Å². The first-order valence-electron chi connectivity index (χ1n) is 7.53. The van der Waals surface area contributed by atoms with Gasteiger partial charge >= 0.3 is 0 Å². The number of nitrogens with zero attached hydrogens (tertiary/aromatic N) is 1. The molecule has 0 saturated heterocycles. The summed E-state index contributed by atoms with van der Waals surface area (Å²) in [5.74, 6) is 1.58. The third-order valence-corrected chi connectivity index (χ3v) is 5.98. The van der Waals surface area contributed by atoms with E-state index in [4.69, 9.17) is 11.6 Å². The van der Waals surface area contributed by atoms with E-state index in [1.807, 2.05) is 12.1 Å². The minimum atomic E-state index is -3.22. The molecule has 0 aliphatic heterocycles.